The smallest absolute Gasteiger partial charge is 0.408 e. The molecule has 4 atom stereocenters. The van der Waals surface area contributed by atoms with Gasteiger partial charge in [0.05, 0.1) is 20.3 Å². The lowest BCUT2D eigenvalue weighted by Gasteiger charge is -2.25. The lowest BCUT2D eigenvalue weighted by atomic mass is 10.0. The third-order valence-corrected chi connectivity index (χ3v) is 11.9. The van der Waals surface area contributed by atoms with Gasteiger partial charge in [-0.25, -0.2) is 34.5 Å². The van der Waals surface area contributed by atoms with E-state index in [2.05, 4.69) is 31.6 Å². The number of ketones is 1. The largest absolute Gasteiger partial charge is 0.488 e. The SMILES string of the molecule is CC(C)(C)OC(=O)N[C@@H](Cc1ccc(OC(C)(C)C)cc1)C(=O)C#N.CC(C)(C)OC(=O)N[C@@H](Cc1ccc(OC(C)(C)C)cc1)C(=O)O.CC(C)(C)OC(=O)N[C@H](C=O)Cc1ccc(OC(C)(C)C)cc1.CNOC.CON(C)C(=O)[C@H](Cc1ccc(OC(C)(C)C)cc1)NC(=O)OC(C)(C)C.Cl. The first-order chi connectivity index (χ1) is 46.9. The van der Waals surface area contributed by atoms with Gasteiger partial charge in [0.25, 0.3) is 11.7 Å². The fourth-order valence-electron chi connectivity index (χ4n) is 8.09. The molecule has 0 aromatic heterocycles. The van der Waals surface area contributed by atoms with Crippen molar-refractivity contribution in [2.45, 2.75) is 261 Å². The number of nitrogens with one attached hydrogen (secondary N) is 5. The third kappa shape index (κ3) is 49.7. The van der Waals surface area contributed by atoms with Crippen LogP contribution in [0, 0.1) is 11.3 Å². The van der Waals surface area contributed by atoms with E-state index in [0.29, 0.717) is 30.6 Å². The summed E-state index contributed by atoms with van der Waals surface area (Å²) in [6.45, 7) is 44.5. The van der Waals surface area contributed by atoms with E-state index in [1.807, 2.05) is 132 Å². The number of nitriles is 1. The number of carboxylic acids is 1. The molecule has 0 fully saturated rings. The van der Waals surface area contributed by atoms with Crippen molar-refractivity contribution in [2.75, 3.05) is 28.3 Å². The van der Waals surface area contributed by atoms with E-state index >= 15 is 0 Å². The average Bonchev–Trinajstić information content (AvgIpc) is 0.865. The second-order valence-corrected chi connectivity index (χ2v) is 31.5. The molecule has 4 aromatic carbocycles. The number of likely N-dealkylation sites (N-methyl/N-ethyl adjacent to an activating group) is 1. The molecule has 0 aliphatic heterocycles. The minimum absolute atomic E-state index is 0. The second-order valence-electron chi connectivity index (χ2n) is 31.5. The molecule has 5 amide bonds. The summed E-state index contributed by atoms with van der Waals surface area (Å²) in [6.07, 6.45) is -0.966. The number of ether oxygens (including phenoxy) is 8. The van der Waals surface area contributed by atoms with Crippen LogP contribution in [0.1, 0.15) is 188 Å². The quantitative estimate of drug-likeness (QED) is 0.0184. The number of hydroxylamine groups is 3. The molecule has 4 rings (SSSR count). The maximum atomic E-state index is 12.5. The number of nitrogens with zero attached hydrogens (tertiary/aromatic N) is 2. The van der Waals surface area contributed by atoms with Gasteiger partial charge in [-0.2, -0.15) is 5.26 Å². The zero-order valence-corrected chi connectivity index (χ0v) is 67.4. The summed E-state index contributed by atoms with van der Waals surface area (Å²) in [5.41, 5.74) is 2.03. The number of halogens is 1. The number of rotatable bonds is 22. The topological polar surface area (TPSA) is 336 Å². The minimum Gasteiger partial charge on any atom is -0.488 e. The molecule has 26 nitrogen and oxygen atoms in total. The molecule has 0 aliphatic carbocycles. The van der Waals surface area contributed by atoms with Gasteiger partial charge < -0.3 is 73.9 Å². The van der Waals surface area contributed by atoms with Gasteiger partial charge in [0.15, 0.2) is 0 Å². The van der Waals surface area contributed by atoms with E-state index < -0.39 is 82.7 Å². The number of carboxylic acid groups (broad SMARTS) is 1. The number of hydrogen-bond donors (Lipinski definition) is 6. The zero-order chi connectivity index (χ0) is 79.7. The Kier molecular flexibility index (Phi) is 41.1. The highest BCUT2D eigenvalue weighted by Gasteiger charge is 2.30. The summed E-state index contributed by atoms with van der Waals surface area (Å²) in [4.78, 5) is 104. The van der Waals surface area contributed by atoms with Crippen molar-refractivity contribution < 1.29 is 91.0 Å². The van der Waals surface area contributed by atoms with Gasteiger partial charge >= 0.3 is 30.3 Å². The maximum absolute atomic E-state index is 12.5. The average molecular weight is 1480 g/mol. The molecule has 6 N–H and O–H groups in total. The fraction of sp³-hybridized carbons (Fsp3) is 0.571. The van der Waals surface area contributed by atoms with Gasteiger partial charge in [0.1, 0.15) is 98.3 Å². The molecule has 4 aromatic rings. The number of carbonyl (C=O) groups excluding carboxylic acids is 7. The Labute approximate surface area is 623 Å². The highest BCUT2D eigenvalue weighted by molar-refractivity contribution is 5.99. The number of Topliss-reactive ketones (excluding diaryl/α,β-unsaturated/α-hetero) is 1. The Bertz CT molecular complexity index is 3290. The molecular formula is C77H120ClN7O19. The van der Waals surface area contributed by atoms with Crippen molar-refractivity contribution in [2.24, 2.45) is 0 Å². The highest BCUT2D eigenvalue weighted by Crippen LogP contribution is 2.24. The molecule has 27 heteroatoms. The van der Waals surface area contributed by atoms with Crippen molar-refractivity contribution in [3.63, 3.8) is 0 Å². The molecular weight excluding hydrogens is 1360 g/mol. The molecule has 584 valence electrons. The Morgan fingerprint density at radius 3 is 0.894 bits per heavy atom. The summed E-state index contributed by atoms with van der Waals surface area (Å²) < 4.78 is 43.7. The maximum Gasteiger partial charge on any atom is 0.408 e. The van der Waals surface area contributed by atoms with Gasteiger partial charge in [-0.1, -0.05) is 48.5 Å². The molecule has 0 unspecified atom stereocenters. The van der Waals surface area contributed by atoms with E-state index in [4.69, 9.17) is 48.0 Å². The Balaban J connectivity index is 0. The molecule has 0 heterocycles. The summed E-state index contributed by atoms with van der Waals surface area (Å²) in [6, 6.07) is 27.3. The van der Waals surface area contributed by atoms with E-state index in [0.717, 1.165) is 38.8 Å². The number of benzene rings is 4. The first kappa shape index (κ1) is 97.2. The number of alkyl carbamates (subject to hydrolysis) is 4. The number of hydrogen-bond acceptors (Lipinski definition) is 20. The first-order valence-electron chi connectivity index (χ1n) is 33.7. The van der Waals surface area contributed by atoms with Crippen LogP contribution in [0.2, 0.25) is 0 Å². The van der Waals surface area contributed by atoms with E-state index in [1.54, 1.807) is 152 Å². The van der Waals surface area contributed by atoms with Crippen LogP contribution in [-0.4, -0.2) is 156 Å². The van der Waals surface area contributed by atoms with Crippen LogP contribution < -0.4 is 45.7 Å². The number of aldehydes is 1. The molecule has 0 bridgehead atoms. The lowest BCUT2D eigenvalue weighted by Crippen LogP contribution is -2.49. The highest BCUT2D eigenvalue weighted by atomic mass is 35.5. The van der Waals surface area contributed by atoms with Crippen molar-refractivity contribution in [1.82, 2.24) is 31.8 Å². The molecule has 0 saturated heterocycles. The van der Waals surface area contributed by atoms with Crippen LogP contribution in [0.3, 0.4) is 0 Å². The number of aliphatic carboxylic acids is 1. The predicted molar refractivity (Wildman–Crippen MR) is 402 cm³/mol. The Morgan fingerprint density at radius 1 is 0.423 bits per heavy atom. The summed E-state index contributed by atoms with van der Waals surface area (Å²) in [5, 5.41) is 29.3. The summed E-state index contributed by atoms with van der Waals surface area (Å²) in [7, 11) is 6.16. The fourth-order valence-corrected chi connectivity index (χ4v) is 8.09. The molecule has 0 spiro atoms. The van der Waals surface area contributed by atoms with E-state index in [9.17, 15) is 43.5 Å². The lowest BCUT2D eigenvalue weighted by molar-refractivity contribution is -0.171. The van der Waals surface area contributed by atoms with Crippen LogP contribution in [0.4, 0.5) is 19.2 Å². The van der Waals surface area contributed by atoms with Crippen LogP contribution in [-0.2, 0) is 73.5 Å². The monoisotopic (exact) mass is 1480 g/mol. The van der Waals surface area contributed by atoms with Crippen LogP contribution in [0.5, 0.6) is 23.0 Å². The van der Waals surface area contributed by atoms with Crippen LogP contribution >= 0.6 is 12.4 Å². The van der Waals surface area contributed by atoms with Gasteiger partial charge in [-0.15, -0.1) is 12.4 Å². The molecule has 0 saturated carbocycles. The number of amides is 5. The zero-order valence-electron chi connectivity index (χ0n) is 66.6. The van der Waals surface area contributed by atoms with Gasteiger partial charge in [0, 0.05) is 33.4 Å². The van der Waals surface area contributed by atoms with Crippen molar-refractivity contribution >= 4 is 60.7 Å². The van der Waals surface area contributed by atoms with Crippen molar-refractivity contribution in [3.05, 3.63) is 119 Å². The minimum atomic E-state index is -1.11. The normalized spacial score (nSPS) is 12.6. The Hall–Kier alpha value is -8.90. The van der Waals surface area contributed by atoms with E-state index in [-0.39, 0.29) is 53.6 Å². The van der Waals surface area contributed by atoms with Gasteiger partial charge in [-0.3, -0.25) is 14.4 Å². The predicted octanol–water partition coefficient (Wildman–Crippen LogP) is 13.8. The Morgan fingerprint density at radius 2 is 0.663 bits per heavy atom. The van der Waals surface area contributed by atoms with Crippen LogP contribution in [0.25, 0.3) is 0 Å². The van der Waals surface area contributed by atoms with Crippen LogP contribution in [0.15, 0.2) is 97.1 Å². The summed E-state index contributed by atoms with van der Waals surface area (Å²) in [5.74, 6) is 0.708. The first-order valence-corrected chi connectivity index (χ1v) is 33.7. The van der Waals surface area contributed by atoms with Crippen molar-refractivity contribution in [3.8, 4) is 29.1 Å². The van der Waals surface area contributed by atoms with E-state index in [1.165, 1.54) is 14.2 Å². The van der Waals surface area contributed by atoms with Gasteiger partial charge in [-0.05, 0) is 243 Å². The van der Waals surface area contributed by atoms with Gasteiger partial charge in [0.2, 0.25) is 0 Å². The summed E-state index contributed by atoms with van der Waals surface area (Å²) >= 11 is 0. The second kappa shape index (κ2) is 44.0. The molecule has 104 heavy (non-hydrogen) atoms. The molecule has 0 radical (unpaired) electrons. The van der Waals surface area contributed by atoms with Crippen molar-refractivity contribution in [1.29, 1.82) is 5.26 Å². The molecule has 0 aliphatic rings. The number of carbonyl (C=O) groups is 8. The third-order valence-electron chi connectivity index (χ3n) is 11.9. The standard InChI is InChI=1S/C20H32N2O5.C19H26N2O4.C18H27NO5.C18H27NO4.C2H7NO.ClH/c1-19(2,3)26-15-11-9-14(10-12-15)13-16(17(23)22(7)25-8)21-18(24)27-20(4,5)6;1-18(2,3)24-14-9-7-13(8-10-14)11-15(16(22)12-20)21-17(23)25-19(4,5)6;1-17(2,3)23-13-9-7-12(8-10-13)11-14(15(20)21)19-16(22)24-18(4,5)6;1-17(2,3)22-15-9-7-13(8-10-15)11-14(12-20)19-16(21)23-18(4,5)6;1-3-4-2;/h9-12,16H,13H2,1-8H3,(H,21,24);7-10,15H,11H2,1-6H3,(H,21,23);7-10,14H,11H2,1-6H3,(H,19,22)(H,20,21);7-10,12,14H,11H2,1-6H3,(H,19,21);3H,1-2H3;1H/t16-;15-;2*14-;;/m0000../s1.